The Labute approximate surface area is 106 Å². The molecule has 0 bridgehead atoms. The highest BCUT2D eigenvalue weighted by atomic mass is 35.5. The molecule has 1 aliphatic heterocycles. The predicted octanol–water partition coefficient (Wildman–Crippen LogP) is 3.45. The Morgan fingerprint density at radius 2 is 2.31 bits per heavy atom. The molecule has 1 heterocycles. The fourth-order valence-electron chi connectivity index (χ4n) is 2.13. The maximum absolute atomic E-state index is 10.5. The predicted molar refractivity (Wildman–Crippen MR) is 71.4 cm³/mol. The zero-order valence-electron chi connectivity index (χ0n) is 9.66. The van der Waals surface area contributed by atoms with Gasteiger partial charge in [-0.1, -0.05) is 30.7 Å². The fourth-order valence-corrected chi connectivity index (χ4v) is 3.77. The molecule has 1 nitrogen and oxygen atoms in total. The van der Waals surface area contributed by atoms with Crippen molar-refractivity contribution in [3.63, 3.8) is 0 Å². The van der Waals surface area contributed by atoms with Crippen LogP contribution in [-0.2, 0) is 6.42 Å². The molecule has 2 rings (SSSR count). The van der Waals surface area contributed by atoms with Crippen LogP contribution in [0.15, 0.2) is 18.2 Å². The minimum Gasteiger partial charge on any atom is -0.388 e. The SMILES string of the molecule is Cc1ccc(CC2(O)CCSC2C)c(Cl)c1. The number of hydrogen-bond donors (Lipinski definition) is 1. The van der Waals surface area contributed by atoms with Crippen molar-refractivity contribution in [1.82, 2.24) is 0 Å². The van der Waals surface area contributed by atoms with Gasteiger partial charge in [0, 0.05) is 16.7 Å². The minimum absolute atomic E-state index is 0.296. The topological polar surface area (TPSA) is 20.2 Å². The van der Waals surface area contributed by atoms with Crippen LogP contribution in [0.2, 0.25) is 5.02 Å². The third kappa shape index (κ3) is 2.39. The average Bonchev–Trinajstić information content (AvgIpc) is 2.52. The van der Waals surface area contributed by atoms with Crippen molar-refractivity contribution in [1.29, 1.82) is 0 Å². The fraction of sp³-hybridized carbons (Fsp3) is 0.538. The summed E-state index contributed by atoms with van der Waals surface area (Å²) in [4.78, 5) is 0. The van der Waals surface area contributed by atoms with Gasteiger partial charge < -0.3 is 5.11 Å². The summed E-state index contributed by atoms with van der Waals surface area (Å²) >= 11 is 8.04. The van der Waals surface area contributed by atoms with Crippen molar-refractivity contribution in [3.05, 3.63) is 34.3 Å². The summed E-state index contributed by atoms with van der Waals surface area (Å²) in [5, 5.41) is 11.6. The summed E-state index contributed by atoms with van der Waals surface area (Å²) in [6.07, 6.45) is 1.53. The van der Waals surface area contributed by atoms with Gasteiger partial charge in [0.25, 0.3) is 0 Å². The Morgan fingerprint density at radius 1 is 1.56 bits per heavy atom. The van der Waals surface area contributed by atoms with Crippen LogP contribution < -0.4 is 0 Å². The smallest absolute Gasteiger partial charge is 0.0811 e. The first-order valence-electron chi connectivity index (χ1n) is 5.60. The van der Waals surface area contributed by atoms with Crippen LogP contribution >= 0.6 is 23.4 Å². The second kappa shape index (κ2) is 4.59. The van der Waals surface area contributed by atoms with E-state index in [4.69, 9.17) is 11.6 Å². The van der Waals surface area contributed by atoms with Crippen LogP contribution in [0, 0.1) is 6.92 Å². The normalized spacial score (nSPS) is 29.6. The summed E-state index contributed by atoms with van der Waals surface area (Å²) in [5.74, 6) is 1.04. The zero-order valence-corrected chi connectivity index (χ0v) is 11.2. The lowest BCUT2D eigenvalue weighted by Crippen LogP contribution is -2.37. The summed E-state index contributed by atoms with van der Waals surface area (Å²) in [5.41, 5.74) is 1.64. The molecule has 1 aromatic carbocycles. The molecule has 2 unspecified atom stereocenters. The molecule has 1 aliphatic rings. The van der Waals surface area contributed by atoms with Crippen LogP contribution in [-0.4, -0.2) is 21.7 Å². The molecule has 0 saturated carbocycles. The zero-order chi connectivity index (χ0) is 11.8. The lowest BCUT2D eigenvalue weighted by atomic mass is 9.89. The van der Waals surface area contributed by atoms with Crippen molar-refractivity contribution in [3.8, 4) is 0 Å². The van der Waals surface area contributed by atoms with E-state index in [-0.39, 0.29) is 0 Å². The van der Waals surface area contributed by atoms with Gasteiger partial charge >= 0.3 is 0 Å². The van der Waals surface area contributed by atoms with Crippen molar-refractivity contribution >= 4 is 23.4 Å². The second-order valence-electron chi connectivity index (χ2n) is 4.64. The van der Waals surface area contributed by atoms with E-state index in [9.17, 15) is 5.11 Å². The third-order valence-corrected chi connectivity index (χ3v) is 5.10. The molecule has 16 heavy (non-hydrogen) atoms. The average molecular weight is 257 g/mol. The second-order valence-corrected chi connectivity index (χ2v) is 6.49. The molecule has 2 atom stereocenters. The Hall–Kier alpha value is -0.180. The highest BCUT2D eigenvalue weighted by Crippen LogP contribution is 2.38. The molecule has 1 N–H and O–H groups in total. The molecule has 3 heteroatoms. The molecule has 1 fully saturated rings. The first-order chi connectivity index (χ1) is 7.51. The van der Waals surface area contributed by atoms with E-state index in [0.717, 1.165) is 28.3 Å². The number of halogens is 1. The standard InChI is InChI=1S/C13H17ClOS/c1-9-3-4-11(12(14)7-9)8-13(15)5-6-16-10(13)2/h3-4,7,10,15H,5-6,8H2,1-2H3. The lowest BCUT2D eigenvalue weighted by molar-refractivity contribution is 0.0464. The maximum Gasteiger partial charge on any atom is 0.0811 e. The first kappa shape index (κ1) is 12.3. The summed E-state index contributed by atoms with van der Waals surface area (Å²) in [6.45, 7) is 4.12. The van der Waals surface area contributed by atoms with E-state index < -0.39 is 5.60 Å². The van der Waals surface area contributed by atoms with Gasteiger partial charge in [-0.25, -0.2) is 0 Å². The monoisotopic (exact) mass is 256 g/mol. The first-order valence-corrected chi connectivity index (χ1v) is 7.03. The minimum atomic E-state index is -0.580. The highest BCUT2D eigenvalue weighted by Gasteiger charge is 2.39. The summed E-state index contributed by atoms with van der Waals surface area (Å²) in [7, 11) is 0. The van der Waals surface area contributed by atoms with Gasteiger partial charge in [-0.3, -0.25) is 0 Å². The van der Waals surface area contributed by atoms with E-state index in [2.05, 4.69) is 13.0 Å². The summed E-state index contributed by atoms with van der Waals surface area (Å²) < 4.78 is 0. The van der Waals surface area contributed by atoms with E-state index in [1.54, 1.807) is 0 Å². The molecule has 88 valence electrons. The quantitative estimate of drug-likeness (QED) is 0.875. The van der Waals surface area contributed by atoms with E-state index in [1.807, 2.05) is 30.8 Å². The van der Waals surface area contributed by atoms with Gasteiger partial charge in [-0.05, 0) is 36.3 Å². The number of hydrogen-bond acceptors (Lipinski definition) is 2. The van der Waals surface area contributed by atoms with E-state index >= 15 is 0 Å². The molecule has 0 aliphatic carbocycles. The van der Waals surface area contributed by atoms with Crippen LogP contribution in [0.1, 0.15) is 24.5 Å². The van der Waals surface area contributed by atoms with E-state index in [0.29, 0.717) is 11.7 Å². The molecule has 0 amide bonds. The van der Waals surface area contributed by atoms with Crippen molar-refractivity contribution < 1.29 is 5.11 Å². The van der Waals surface area contributed by atoms with Gasteiger partial charge in [0.05, 0.1) is 5.60 Å². The number of aliphatic hydroxyl groups is 1. The molecular weight excluding hydrogens is 240 g/mol. The van der Waals surface area contributed by atoms with Crippen molar-refractivity contribution in [2.45, 2.75) is 37.5 Å². The molecule has 0 spiro atoms. The van der Waals surface area contributed by atoms with Crippen LogP contribution in [0.5, 0.6) is 0 Å². The number of aryl methyl sites for hydroxylation is 1. The maximum atomic E-state index is 10.5. The van der Waals surface area contributed by atoms with Crippen LogP contribution in [0.25, 0.3) is 0 Å². The van der Waals surface area contributed by atoms with Crippen molar-refractivity contribution in [2.75, 3.05) is 5.75 Å². The van der Waals surface area contributed by atoms with Gasteiger partial charge in [-0.15, -0.1) is 0 Å². The Kier molecular flexibility index (Phi) is 3.53. The van der Waals surface area contributed by atoms with Crippen molar-refractivity contribution in [2.24, 2.45) is 0 Å². The number of thioether (sulfide) groups is 1. The largest absolute Gasteiger partial charge is 0.388 e. The molecule has 0 aromatic heterocycles. The van der Waals surface area contributed by atoms with Gasteiger partial charge in [0.15, 0.2) is 0 Å². The Balaban J connectivity index is 2.20. The number of rotatable bonds is 2. The molecular formula is C13H17ClOS. The van der Waals surface area contributed by atoms with Gasteiger partial charge in [-0.2, -0.15) is 11.8 Å². The van der Waals surface area contributed by atoms with Gasteiger partial charge in [0.2, 0.25) is 0 Å². The Morgan fingerprint density at radius 3 is 2.88 bits per heavy atom. The summed E-state index contributed by atoms with van der Waals surface area (Å²) in [6, 6.07) is 6.05. The highest BCUT2D eigenvalue weighted by molar-refractivity contribution is 8.00. The number of benzene rings is 1. The molecule has 0 radical (unpaired) electrons. The Bertz CT molecular complexity index is 394. The molecule has 1 aromatic rings. The van der Waals surface area contributed by atoms with Crippen LogP contribution in [0.3, 0.4) is 0 Å². The van der Waals surface area contributed by atoms with Gasteiger partial charge in [0.1, 0.15) is 0 Å². The third-order valence-electron chi connectivity index (χ3n) is 3.36. The lowest BCUT2D eigenvalue weighted by Gasteiger charge is -2.27. The van der Waals surface area contributed by atoms with Crippen LogP contribution in [0.4, 0.5) is 0 Å². The molecule has 1 saturated heterocycles. The van der Waals surface area contributed by atoms with E-state index in [1.165, 1.54) is 0 Å².